The fourth-order valence-corrected chi connectivity index (χ4v) is 5.28. The zero-order valence-corrected chi connectivity index (χ0v) is 16.2. The van der Waals surface area contributed by atoms with Gasteiger partial charge in [0.1, 0.15) is 5.76 Å². The van der Waals surface area contributed by atoms with E-state index in [-0.39, 0.29) is 5.92 Å². The van der Waals surface area contributed by atoms with Crippen molar-refractivity contribution in [3.05, 3.63) is 95.9 Å². The maximum atomic E-state index is 5.97. The summed E-state index contributed by atoms with van der Waals surface area (Å²) in [5, 5.41) is 3.95. The third kappa shape index (κ3) is 3.41. The summed E-state index contributed by atoms with van der Waals surface area (Å²) in [6.45, 7) is 3.32. The lowest BCUT2D eigenvalue weighted by Crippen LogP contribution is -2.64. The SMILES string of the molecule is c1ccc(CNC2C3CCN(CC3)C2C(c2ccccc2)c2ccco2)cc1. The van der Waals surface area contributed by atoms with Gasteiger partial charge >= 0.3 is 0 Å². The highest BCUT2D eigenvalue weighted by molar-refractivity contribution is 5.31. The largest absolute Gasteiger partial charge is 0.469 e. The number of nitrogens with zero attached hydrogens (tertiary/aromatic N) is 1. The van der Waals surface area contributed by atoms with Crippen molar-refractivity contribution in [3.63, 3.8) is 0 Å². The van der Waals surface area contributed by atoms with Crippen LogP contribution in [0.5, 0.6) is 0 Å². The van der Waals surface area contributed by atoms with E-state index in [1.54, 1.807) is 0 Å². The molecule has 1 aromatic heterocycles. The highest BCUT2D eigenvalue weighted by Gasteiger charge is 2.46. The smallest absolute Gasteiger partial charge is 0.112 e. The van der Waals surface area contributed by atoms with Crippen molar-refractivity contribution in [1.82, 2.24) is 10.2 Å². The Balaban J connectivity index is 1.48. The molecule has 3 saturated heterocycles. The summed E-state index contributed by atoms with van der Waals surface area (Å²) >= 11 is 0. The van der Waals surface area contributed by atoms with Crippen LogP contribution in [0.25, 0.3) is 0 Å². The molecule has 28 heavy (non-hydrogen) atoms. The number of fused-ring (bicyclic) bond motifs is 3. The molecule has 6 rings (SSSR count). The Morgan fingerprint density at radius 1 is 0.893 bits per heavy atom. The van der Waals surface area contributed by atoms with Gasteiger partial charge in [0.2, 0.25) is 0 Å². The molecule has 0 spiro atoms. The first-order valence-corrected chi connectivity index (χ1v) is 10.5. The molecule has 3 fully saturated rings. The number of rotatable bonds is 6. The summed E-state index contributed by atoms with van der Waals surface area (Å²) in [7, 11) is 0. The second-order valence-electron chi connectivity index (χ2n) is 8.16. The number of nitrogens with one attached hydrogen (secondary N) is 1. The maximum absolute atomic E-state index is 5.97. The summed E-state index contributed by atoms with van der Waals surface area (Å²) in [6.07, 6.45) is 4.40. The fourth-order valence-electron chi connectivity index (χ4n) is 5.28. The fraction of sp³-hybridized carbons (Fsp3) is 0.360. The van der Waals surface area contributed by atoms with E-state index in [1.165, 1.54) is 37.1 Å². The van der Waals surface area contributed by atoms with Gasteiger partial charge < -0.3 is 9.73 Å². The van der Waals surface area contributed by atoms with Crippen LogP contribution in [0, 0.1) is 5.92 Å². The van der Waals surface area contributed by atoms with Crippen molar-refractivity contribution in [2.45, 2.75) is 37.4 Å². The van der Waals surface area contributed by atoms with Crippen LogP contribution in [0.2, 0.25) is 0 Å². The molecule has 3 aliphatic rings. The van der Waals surface area contributed by atoms with E-state index in [4.69, 9.17) is 4.42 Å². The Kier molecular flexibility index (Phi) is 5.03. The number of hydrogen-bond donors (Lipinski definition) is 1. The van der Waals surface area contributed by atoms with Crippen LogP contribution in [0.1, 0.15) is 35.6 Å². The molecule has 2 aromatic carbocycles. The summed E-state index contributed by atoms with van der Waals surface area (Å²) < 4.78 is 5.97. The molecule has 2 bridgehead atoms. The molecule has 3 heteroatoms. The van der Waals surface area contributed by atoms with Crippen molar-refractivity contribution >= 4 is 0 Å². The Labute approximate surface area is 167 Å². The Hall–Kier alpha value is -2.36. The molecule has 4 heterocycles. The molecule has 0 saturated carbocycles. The van der Waals surface area contributed by atoms with Crippen LogP contribution in [-0.4, -0.2) is 30.1 Å². The van der Waals surface area contributed by atoms with Crippen molar-refractivity contribution < 1.29 is 4.42 Å². The van der Waals surface area contributed by atoms with Crippen LogP contribution in [0.3, 0.4) is 0 Å². The zero-order valence-electron chi connectivity index (χ0n) is 16.2. The van der Waals surface area contributed by atoms with Gasteiger partial charge in [0.25, 0.3) is 0 Å². The van der Waals surface area contributed by atoms with Crippen LogP contribution < -0.4 is 5.32 Å². The van der Waals surface area contributed by atoms with Gasteiger partial charge in [0.15, 0.2) is 0 Å². The van der Waals surface area contributed by atoms with Gasteiger partial charge in [-0.25, -0.2) is 0 Å². The molecule has 1 N–H and O–H groups in total. The lowest BCUT2D eigenvalue weighted by molar-refractivity contribution is 0.00195. The molecule has 0 radical (unpaired) electrons. The molecular weight excluding hydrogens is 344 g/mol. The Morgan fingerprint density at radius 2 is 1.61 bits per heavy atom. The number of benzene rings is 2. The summed E-state index contributed by atoms with van der Waals surface area (Å²) in [6, 6.07) is 26.7. The first kappa shape index (κ1) is 17.7. The van der Waals surface area contributed by atoms with Gasteiger partial charge in [-0.05, 0) is 55.1 Å². The molecule has 144 valence electrons. The van der Waals surface area contributed by atoms with Crippen LogP contribution >= 0.6 is 0 Å². The second-order valence-corrected chi connectivity index (χ2v) is 8.16. The molecule has 3 unspecified atom stereocenters. The average molecular weight is 373 g/mol. The first-order chi connectivity index (χ1) is 13.9. The topological polar surface area (TPSA) is 28.4 Å². The molecule has 3 aromatic rings. The third-order valence-electron chi connectivity index (χ3n) is 6.61. The molecule has 0 amide bonds. The van der Waals surface area contributed by atoms with Crippen LogP contribution in [0.15, 0.2) is 83.5 Å². The lowest BCUT2D eigenvalue weighted by Gasteiger charge is -2.53. The quantitative estimate of drug-likeness (QED) is 0.682. The van der Waals surface area contributed by atoms with Crippen LogP contribution in [0.4, 0.5) is 0 Å². The normalized spacial score (nSPS) is 27.6. The van der Waals surface area contributed by atoms with E-state index in [0.717, 1.165) is 18.2 Å². The highest BCUT2D eigenvalue weighted by atomic mass is 16.3. The lowest BCUT2D eigenvalue weighted by atomic mass is 9.71. The minimum Gasteiger partial charge on any atom is -0.469 e. The van der Waals surface area contributed by atoms with E-state index in [0.29, 0.717) is 12.1 Å². The standard InChI is InChI=1S/C25H28N2O/c1-3-8-19(9-4-1)18-26-24-21-13-15-27(16-14-21)25(24)23(22-12-7-17-28-22)20-10-5-2-6-11-20/h1-12,17,21,23-26H,13-16,18H2. The molecule has 0 aliphatic carbocycles. The van der Waals surface area contributed by atoms with Gasteiger partial charge in [-0.15, -0.1) is 0 Å². The van der Waals surface area contributed by atoms with Gasteiger partial charge in [0.05, 0.1) is 12.2 Å². The van der Waals surface area contributed by atoms with E-state index in [9.17, 15) is 0 Å². The summed E-state index contributed by atoms with van der Waals surface area (Å²) in [4.78, 5) is 2.70. The predicted molar refractivity (Wildman–Crippen MR) is 112 cm³/mol. The van der Waals surface area contributed by atoms with Crippen molar-refractivity contribution in [2.24, 2.45) is 5.92 Å². The van der Waals surface area contributed by atoms with E-state index in [2.05, 4.69) is 76.9 Å². The minimum absolute atomic E-state index is 0.257. The zero-order chi connectivity index (χ0) is 18.8. The van der Waals surface area contributed by atoms with E-state index >= 15 is 0 Å². The number of piperidine rings is 3. The number of hydrogen-bond acceptors (Lipinski definition) is 3. The third-order valence-corrected chi connectivity index (χ3v) is 6.61. The summed E-state index contributed by atoms with van der Waals surface area (Å²) in [5.74, 6) is 2.07. The number of furan rings is 1. The van der Waals surface area contributed by atoms with E-state index in [1.807, 2.05) is 12.3 Å². The Bertz CT molecular complexity index is 854. The average Bonchev–Trinajstić information content (AvgIpc) is 3.30. The maximum Gasteiger partial charge on any atom is 0.112 e. The van der Waals surface area contributed by atoms with Gasteiger partial charge in [0, 0.05) is 18.6 Å². The molecule has 3 nitrogen and oxygen atoms in total. The predicted octanol–water partition coefficient (Wildman–Crippen LogP) is 4.66. The molecule has 3 aliphatic heterocycles. The van der Waals surface area contributed by atoms with Gasteiger partial charge in [-0.1, -0.05) is 60.7 Å². The van der Waals surface area contributed by atoms with Crippen molar-refractivity contribution in [1.29, 1.82) is 0 Å². The van der Waals surface area contributed by atoms with Gasteiger partial charge in [-0.3, -0.25) is 4.90 Å². The molecular formula is C25H28N2O. The highest BCUT2D eigenvalue weighted by Crippen LogP contribution is 2.42. The van der Waals surface area contributed by atoms with E-state index < -0.39 is 0 Å². The van der Waals surface area contributed by atoms with Crippen molar-refractivity contribution in [2.75, 3.05) is 13.1 Å². The summed E-state index contributed by atoms with van der Waals surface area (Å²) in [5.41, 5.74) is 2.70. The monoisotopic (exact) mass is 372 g/mol. The van der Waals surface area contributed by atoms with Crippen molar-refractivity contribution in [3.8, 4) is 0 Å². The first-order valence-electron chi connectivity index (χ1n) is 10.5. The van der Waals surface area contributed by atoms with Gasteiger partial charge in [-0.2, -0.15) is 0 Å². The Morgan fingerprint density at radius 3 is 2.29 bits per heavy atom. The second kappa shape index (κ2) is 7.94. The minimum atomic E-state index is 0.257. The molecule has 3 atom stereocenters. The van der Waals surface area contributed by atoms with Crippen LogP contribution in [-0.2, 0) is 6.54 Å².